The van der Waals surface area contributed by atoms with Gasteiger partial charge in [0.05, 0.1) is 26.6 Å². The van der Waals surface area contributed by atoms with E-state index in [0.717, 1.165) is 16.9 Å². The molecule has 0 bridgehead atoms. The Balaban J connectivity index is 1.36. The van der Waals surface area contributed by atoms with Crippen LogP contribution >= 0.6 is 11.3 Å². The zero-order valence-electron chi connectivity index (χ0n) is 18.6. The minimum atomic E-state index is -3.84. The fraction of sp³-hybridized carbons (Fsp3) is 0.208. The van der Waals surface area contributed by atoms with Crippen LogP contribution in [0.4, 0.5) is 0 Å². The second-order valence-electron chi connectivity index (χ2n) is 8.19. The van der Waals surface area contributed by atoms with Gasteiger partial charge in [0.1, 0.15) is 0 Å². The number of rotatable bonds is 6. The first kappa shape index (κ1) is 23.9. The highest BCUT2D eigenvalue weighted by molar-refractivity contribution is 7.89. The second kappa shape index (κ2) is 9.32. The van der Waals surface area contributed by atoms with Crippen molar-refractivity contribution in [3.63, 3.8) is 0 Å². The van der Waals surface area contributed by atoms with Crippen molar-refractivity contribution in [2.75, 3.05) is 26.2 Å². The molecule has 3 aromatic carbocycles. The Morgan fingerprint density at radius 3 is 1.83 bits per heavy atom. The third kappa shape index (κ3) is 4.57. The molecule has 5 rings (SSSR count). The van der Waals surface area contributed by atoms with Gasteiger partial charge in [-0.15, -0.1) is 0 Å². The highest BCUT2D eigenvalue weighted by Gasteiger charge is 2.34. The van der Waals surface area contributed by atoms with Gasteiger partial charge in [-0.3, -0.25) is 9.36 Å². The van der Waals surface area contributed by atoms with Gasteiger partial charge in [0.15, 0.2) is 0 Å². The molecule has 182 valence electrons. The summed E-state index contributed by atoms with van der Waals surface area (Å²) in [5.41, 5.74) is 1.66. The average molecular weight is 530 g/mol. The van der Waals surface area contributed by atoms with Gasteiger partial charge < -0.3 is 0 Å². The maximum absolute atomic E-state index is 13.3. The van der Waals surface area contributed by atoms with Gasteiger partial charge in [0, 0.05) is 26.2 Å². The van der Waals surface area contributed by atoms with Crippen molar-refractivity contribution >= 4 is 41.6 Å². The maximum Gasteiger partial charge on any atom is 0.308 e. The molecule has 1 aromatic heterocycles. The molecule has 0 atom stereocenters. The van der Waals surface area contributed by atoms with Crippen molar-refractivity contribution in [3.8, 4) is 0 Å². The van der Waals surface area contributed by atoms with Crippen LogP contribution in [0.5, 0.6) is 0 Å². The Morgan fingerprint density at radius 1 is 0.686 bits per heavy atom. The number of hydrogen-bond acceptors (Lipinski definition) is 6. The molecule has 1 fully saturated rings. The van der Waals surface area contributed by atoms with E-state index in [1.165, 1.54) is 32.9 Å². The molecule has 0 amide bonds. The molecule has 0 spiro atoms. The number of nitrogens with zero attached hydrogens (tertiary/aromatic N) is 3. The van der Waals surface area contributed by atoms with Crippen molar-refractivity contribution in [2.45, 2.75) is 16.3 Å². The van der Waals surface area contributed by atoms with Gasteiger partial charge in [-0.2, -0.15) is 8.61 Å². The Kier molecular flexibility index (Phi) is 6.36. The van der Waals surface area contributed by atoms with Crippen molar-refractivity contribution in [1.29, 1.82) is 0 Å². The summed E-state index contributed by atoms with van der Waals surface area (Å²) in [6, 6.07) is 22.4. The zero-order chi connectivity index (χ0) is 24.6. The van der Waals surface area contributed by atoms with Crippen LogP contribution in [-0.4, -0.2) is 56.2 Å². The van der Waals surface area contributed by atoms with Crippen LogP contribution in [0.1, 0.15) is 5.56 Å². The normalized spacial score (nSPS) is 16.0. The van der Waals surface area contributed by atoms with Crippen LogP contribution in [0, 0.1) is 0 Å². The number of sulfonamides is 2. The lowest BCUT2D eigenvalue weighted by atomic mass is 10.2. The number of benzene rings is 3. The maximum atomic E-state index is 13.3. The molecule has 0 saturated carbocycles. The molecule has 0 aliphatic carbocycles. The molecule has 35 heavy (non-hydrogen) atoms. The quantitative estimate of drug-likeness (QED) is 0.383. The van der Waals surface area contributed by atoms with E-state index in [1.807, 2.05) is 30.3 Å². The lowest BCUT2D eigenvalue weighted by Gasteiger charge is -2.33. The monoisotopic (exact) mass is 529 g/mol. The van der Waals surface area contributed by atoms with Crippen molar-refractivity contribution in [2.24, 2.45) is 0 Å². The molecular weight excluding hydrogens is 506 g/mol. The van der Waals surface area contributed by atoms with Gasteiger partial charge >= 0.3 is 4.87 Å². The third-order valence-corrected chi connectivity index (χ3v) is 10.8. The molecule has 2 heterocycles. The molecular formula is C24H23N3O5S3. The summed E-state index contributed by atoms with van der Waals surface area (Å²) in [4.78, 5) is 12.7. The molecule has 8 nitrogen and oxygen atoms in total. The van der Waals surface area contributed by atoms with E-state index < -0.39 is 20.0 Å². The van der Waals surface area contributed by atoms with Crippen LogP contribution in [-0.2, 0) is 26.6 Å². The standard InChI is InChI=1S/C24H23N3O5S3/c28-24-27(18-19-7-3-1-4-8-19)22-12-11-21(17-23(22)33-24)35(31,32)26-15-13-25(14-16-26)34(29,30)20-9-5-2-6-10-20/h1-12,17H,13-16,18H2. The first-order valence-corrected chi connectivity index (χ1v) is 14.7. The van der Waals surface area contributed by atoms with Crippen LogP contribution < -0.4 is 4.87 Å². The largest absolute Gasteiger partial charge is 0.308 e. The van der Waals surface area contributed by atoms with E-state index in [2.05, 4.69) is 0 Å². The summed E-state index contributed by atoms with van der Waals surface area (Å²) < 4.78 is 57.2. The van der Waals surface area contributed by atoms with Crippen LogP contribution in [0.25, 0.3) is 10.2 Å². The summed E-state index contributed by atoms with van der Waals surface area (Å²) in [5, 5.41) is 0. The lowest BCUT2D eigenvalue weighted by Crippen LogP contribution is -2.50. The molecule has 4 aromatic rings. The topological polar surface area (TPSA) is 96.8 Å². The Bertz CT molecular complexity index is 1620. The Hall–Kier alpha value is -2.83. The summed E-state index contributed by atoms with van der Waals surface area (Å²) in [6.07, 6.45) is 0. The average Bonchev–Trinajstić information content (AvgIpc) is 3.19. The number of fused-ring (bicyclic) bond motifs is 1. The van der Waals surface area contributed by atoms with Crippen molar-refractivity contribution in [1.82, 2.24) is 13.2 Å². The third-order valence-electron chi connectivity index (χ3n) is 6.04. The van der Waals surface area contributed by atoms with Gasteiger partial charge in [-0.25, -0.2) is 16.8 Å². The molecule has 1 aliphatic rings. The number of thiazole rings is 1. The first-order chi connectivity index (χ1) is 16.8. The van der Waals surface area contributed by atoms with Gasteiger partial charge in [-0.05, 0) is 35.9 Å². The first-order valence-electron chi connectivity index (χ1n) is 11.0. The molecule has 0 N–H and O–H groups in total. The molecule has 1 saturated heterocycles. The van der Waals surface area contributed by atoms with Gasteiger partial charge in [-0.1, -0.05) is 59.9 Å². The highest BCUT2D eigenvalue weighted by atomic mass is 32.2. The SMILES string of the molecule is O=c1sc2cc(S(=O)(=O)N3CCN(S(=O)(=O)c4ccccc4)CC3)ccc2n1Cc1ccccc1. The van der Waals surface area contributed by atoms with E-state index >= 15 is 0 Å². The van der Waals surface area contributed by atoms with Crippen molar-refractivity contribution < 1.29 is 16.8 Å². The zero-order valence-corrected chi connectivity index (χ0v) is 21.1. The molecule has 0 unspecified atom stereocenters. The predicted octanol–water partition coefficient (Wildman–Crippen LogP) is 2.81. The van der Waals surface area contributed by atoms with Crippen LogP contribution in [0.15, 0.2) is 93.4 Å². The number of piperazine rings is 1. The summed E-state index contributed by atoms with van der Waals surface area (Å²) in [5.74, 6) is 0. The minimum absolute atomic E-state index is 0.0533. The minimum Gasteiger partial charge on any atom is -0.294 e. The van der Waals surface area contributed by atoms with Gasteiger partial charge in [0.2, 0.25) is 20.0 Å². The van der Waals surface area contributed by atoms with Gasteiger partial charge in [0.25, 0.3) is 0 Å². The van der Waals surface area contributed by atoms with Crippen LogP contribution in [0.2, 0.25) is 0 Å². The fourth-order valence-corrected chi connectivity index (χ4v) is 8.06. The lowest BCUT2D eigenvalue weighted by molar-refractivity contribution is 0.273. The van der Waals surface area contributed by atoms with E-state index in [9.17, 15) is 21.6 Å². The fourth-order valence-electron chi connectivity index (χ4n) is 4.16. The summed E-state index contributed by atoms with van der Waals surface area (Å²) in [7, 11) is -7.52. The second-order valence-corrected chi connectivity index (χ2v) is 13.1. The summed E-state index contributed by atoms with van der Waals surface area (Å²) >= 11 is 1.01. The summed E-state index contributed by atoms with van der Waals surface area (Å²) in [6.45, 7) is 0.651. The van der Waals surface area contributed by atoms with E-state index in [-0.39, 0.29) is 40.8 Å². The smallest absolute Gasteiger partial charge is 0.294 e. The molecule has 11 heteroatoms. The van der Waals surface area contributed by atoms with Crippen molar-refractivity contribution in [3.05, 3.63) is 94.1 Å². The molecule has 0 radical (unpaired) electrons. The van der Waals surface area contributed by atoms with E-state index in [0.29, 0.717) is 16.8 Å². The Labute approximate surface area is 207 Å². The molecule has 1 aliphatic heterocycles. The highest BCUT2D eigenvalue weighted by Crippen LogP contribution is 2.26. The predicted molar refractivity (Wildman–Crippen MR) is 136 cm³/mol. The van der Waals surface area contributed by atoms with Crippen LogP contribution in [0.3, 0.4) is 0 Å². The Morgan fingerprint density at radius 2 is 1.23 bits per heavy atom. The van der Waals surface area contributed by atoms with E-state index in [4.69, 9.17) is 0 Å². The number of hydrogen-bond donors (Lipinski definition) is 0. The van der Waals surface area contributed by atoms with E-state index in [1.54, 1.807) is 28.8 Å². The number of aromatic nitrogens is 1.